The quantitative estimate of drug-likeness (QED) is 0.326. The van der Waals surface area contributed by atoms with Crippen LogP contribution in [0.5, 0.6) is 0 Å². The lowest BCUT2D eigenvalue weighted by Crippen LogP contribution is -1.97. The van der Waals surface area contributed by atoms with Crippen LogP contribution in [0, 0.1) is 5.41 Å². The van der Waals surface area contributed by atoms with Gasteiger partial charge in [-0.1, -0.05) is 25.0 Å². The first-order valence-electron chi connectivity index (χ1n) is 4.76. The van der Waals surface area contributed by atoms with Crippen molar-refractivity contribution in [3.8, 4) is 0 Å². The van der Waals surface area contributed by atoms with Crippen molar-refractivity contribution in [2.45, 2.75) is 38.5 Å². The van der Waals surface area contributed by atoms with Crippen molar-refractivity contribution in [3.63, 3.8) is 0 Å². The minimum absolute atomic E-state index is 0.781. The highest BCUT2D eigenvalue weighted by molar-refractivity contribution is 5.55. The van der Waals surface area contributed by atoms with Crippen molar-refractivity contribution >= 4 is 6.21 Å². The number of nitrogens with one attached hydrogen (secondary N) is 1. The smallest absolute Gasteiger partial charge is 0.0000185 e. The second-order valence-corrected chi connectivity index (χ2v) is 2.90. The SMILES string of the molecule is N=CC/C=C/CCCCCCN. The lowest BCUT2D eigenvalue weighted by Gasteiger charge is -1.95. The topological polar surface area (TPSA) is 49.9 Å². The Hall–Kier alpha value is -0.630. The highest BCUT2D eigenvalue weighted by Crippen LogP contribution is 2.02. The van der Waals surface area contributed by atoms with Crippen LogP contribution in [0.3, 0.4) is 0 Å². The van der Waals surface area contributed by atoms with Gasteiger partial charge in [-0.2, -0.15) is 0 Å². The second kappa shape index (κ2) is 10.4. The Balaban J connectivity index is 2.94. The molecule has 0 spiro atoms. The van der Waals surface area contributed by atoms with Crippen LogP contribution in [0.1, 0.15) is 38.5 Å². The molecule has 0 atom stereocenters. The standard InChI is InChI=1S/C10H20N2/c11-9-7-5-3-1-2-4-6-8-10-12/h3,5,9,11H,1-2,4,6-8,10,12H2/b5-3+,11-9?. The molecule has 70 valence electrons. The third-order valence-electron chi connectivity index (χ3n) is 1.75. The van der Waals surface area contributed by atoms with E-state index in [4.69, 9.17) is 11.1 Å². The van der Waals surface area contributed by atoms with E-state index in [0.717, 1.165) is 25.8 Å². The van der Waals surface area contributed by atoms with Crippen molar-refractivity contribution < 1.29 is 0 Å². The normalized spacial score (nSPS) is 10.8. The molecule has 12 heavy (non-hydrogen) atoms. The van der Waals surface area contributed by atoms with Gasteiger partial charge in [0.05, 0.1) is 0 Å². The van der Waals surface area contributed by atoms with E-state index in [-0.39, 0.29) is 0 Å². The predicted molar refractivity (Wildman–Crippen MR) is 54.7 cm³/mol. The van der Waals surface area contributed by atoms with Gasteiger partial charge >= 0.3 is 0 Å². The molecule has 0 aliphatic carbocycles. The fourth-order valence-electron chi connectivity index (χ4n) is 1.04. The van der Waals surface area contributed by atoms with Gasteiger partial charge in [0.2, 0.25) is 0 Å². The van der Waals surface area contributed by atoms with Crippen LogP contribution in [0.15, 0.2) is 12.2 Å². The van der Waals surface area contributed by atoms with Crippen molar-refractivity contribution in [3.05, 3.63) is 12.2 Å². The summed E-state index contributed by atoms with van der Waals surface area (Å²) in [6.45, 7) is 0.823. The Kier molecular flexibility index (Phi) is 9.83. The van der Waals surface area contributed by atoms with Gasteiger partial charge < -0.3 is 11.1 Å². The number of allylic oxidation sites excluding steroid dienone is 2. The Morgan fingerprint density at radius 2 is 1.75 bits per heavy atom. The molecular weight excluding hydrogens is 148 g/mol. The molecular formula is C10H20N2. The lowest BCUT2D eigenvalue weighted by molar-refractivity contribution is 0.652. The van der Waals surface area contributed by atoms with Crippen LogP contribution in [0.4, 0.5) is 0 Å². The van der Waals surface area contributed by atoms with E-state index in [1.54, 1.807) is 0 Å². The molecule has 0 aromatic heterocycles. The number of hydrogen-bond donors (Lipinski definition) is 2. The fraction of sp³-hybridized carbons (Fsp3) is 0.700. The Morgan fingerprint density at radius 1 is 1.00 bits per heavy atom. The summed E-state index contributed by atoms with van der Waals surface area (Å²) in [6.07, 6.45) is 12.5. The predicted octanol–water partition coefficient (Wildman–Crippen LogP) is 2.49. The number of nitrogens with two attached hydrogens (primary N) is 1. The molecule has 0 aliphatic heterocycles. The van der Waals surface area contributed by atoms with Gasteiger partial charge in [-0.05, 0) is 38.4 Å². The molecule has 0 saturated heterocycles. The van der Waals surface area contributed by atoms with E-state index in [1.807, 2.05) is 0 Å². The molecule has 0 aromatic carbocycles. The Bertz CT molecular complexity index is 119. The molecule has 0 rings (SSSR count). The summed E-state index contributed by atoms with van der Waals surface area (Å²) < 4.78 is 0. The van der Waals surface area contributed by atoms with E-state index in [9.17, 15) is 0 Å². The summed E-state index contributed by atoms with van der Waals surface area (Å²) >= 11 is 0. The van der Waals surface area contributed by atoms with Gasteiger partial charge in [0.25, 0.3) is 0 Å². The molecule has 2 nitrogen and oxygen atoms in total. The molecule has 2 heteroatoms. The van der Waals surface area contributed by atoms with Crippen LogP contribution in [-0.2, 0) is 0 Å². The van der Waals surface area contributed by atoms with Crippen LogP contribution in [0.2, 0.25) is 0 Å². The average molecular weight is 168 g/mol. The van der Waals surface area contributed by atoms with E-state index >= 15 is 0 Å². The Labute approximate surface area is 75.4 Å². The summed E-state index contributed by atoms with van der Waals surface area (Å²) in [5.74, 6) is 0. The van der Waals surface area contributed by atoms with E-state index < -0.39 is 0 Å². The van der Waals surface area contributed by atoms with E-state index in [1.165, 1.54) is 25.5 Å². The first kappa shape index (κ1) is 11.4. The maximum absolute atomic E-state index is 6.78. The van der Waals surface area contributed by atoms with Crippen LogP contribution < -0.4 is 5.73 Å². The highest BCUT2D eigenvalue weighted by Gasteiger charge is 1.85. The summed E-state index contributed by atoms with van der Waals surface area (Å²) in [6, 6.07) is 0. The third kappa shape index (κ3) is 9.37. The number of rotatable bonds is 8. The van der Waals surface area contributed by atoms with Crippen molar-refractivity contribution in [2.75, 3.05) is 6.54 Å². The molecule has 0 amide bonds. The first-order chi connectivity index (χ1) is 5.91. The van der Waals surface area contributed by atoms with Gasteiger partial charge in [-0.3, -0.25) is 0 Å². The zero-order valence-electron chi connectivity index (χ0n) is 7.76. The van der Waals surface area contributed by atoms with Crippen LogP contribution >= 0.6 is 0 Å². The molecule has 0 bridgehead atoms. The Morgan fingerprint density at radius 3 is 2.42 bits per heavy atom. The zero-order chi connectivity index (χ0) is 9.07. The fourth-order valence-corrected chi connectivity index (χ4v) is 1.04. The first-order valence-corrected chi connectivity index (χ1v) is 4.76. The largest absolute Gasteiger partial charge is 0.330 e. The van der Waals surface area contributed by atoms with E-state index in [0.29, 0.717) is 0 Å². The molecule has 0 unspecified atom stereocenters. The zero-order valence-corrected chi connectivity index (χ0v) is 7.76. The summed E-state index contributed by atoms with van der Waals surface area (Å²) in [5, 5.41) is 6.78. The van der Waals surface area contributed by atoms with E-state index in [2.05, 4.69) is 12.2 Å². The molecule has 0 radical (unpaired) electrons. The van der Waals surface area contributed by atoms with Crippen molar-refractivity contribution in [1.82, 2.24) is 0 Å². The number of unbranched alkanes of at least 4 members (excludes halogenated alkanes) is 4. The maximum Gasteiger partial charge on any atom is -0.0000185 e. The summed E-state index contributed by atoms with van der Waals surface area (Å²) in [4.78, 5) is 0. The summed E-state index contributed by atoms with van der Waals surface area (Å²) in [5.41, 5.74) is 5.37. The molecule has 0 aliphatic rings. The maximum atomic E-state index is 6.78. The van der Waals surface area contributed by atoms with Gasteiger partial charge in [0, 0.05) is 0 Å². The second-order valence-electron chi connectivity index (χ2n) is 2.90. The highest BCUT2D eigenvalue weighted by atomic mass is 14.5. The van der Waals surface area contributed by atoms with Gasteiger partial charge in [0.15, 0.2) is 0 Å². The van der Waals surface area contributed by atoms with Crippen molar-refractivity contribution in [1.29, 1.82) is 5.41 Å². The van der Waals surface area contributed by atoms with Crippen LogP contribution in [0.25, 0.3) is 0 Å². The van der Waals surface area contributed by atoms with Crippen molar-refractivity contribution in [2.24, 2.45) is 5.73 Å². The van der Waals surface area contributed by atoms with Gasteiger partial charge in [0.1, 0.15) is 0 Å². The van der Waals surface area contributed by atoms with Crippen LogP contribution in [-0.4, -0.2) is 12.8 Å². The molecule has 0 saturated carbocycles. The summed E-state index contributed by atoms with van der Waals surface area (Å²) in [7, 11) is 0. The molecule has 3 N–H and O–H groups in total. The minimum Gasteiger partial charge on any atom is -0.330 e. The lowest BCUT2D eigenvalue weighted by atomic mass is 10.1. The average Bonchev–Trinajstić information content (AvgIpc) is 2.10. The number of hydrogen-bond acceptors (Lipinski definition) is 2. The minimum atomic E-state index is 0.781. The molecule has 0 fully saturated rings. The van der Waals surface area contributed by atoms with Gasteiger partial charge in [-0.15, -0.1) is 0 Å². The molecule has 0 aromatic rings. The third-order valence-corrected chi connectivity index (χ3v) is 1.75. The van der Waals surface area contributed by atoms with Gasteiger partial charge in [-0.25, -0.2) is 0 Å². The monoisotopic (exact) mass is 168 g/mol. The molecule has 0 heterocycles.